The van der Waals surface area contributed by atoms with Crippen LogP contribution in [-0.4, -0.2) is 76.7 Å². The number of carbonyl (C=O) groups is 1. The summed E-state index contributed by atoms with van der Waals surface area (Å²) in [6.45, 7) is 2.83. The van der Waals surface area contributed by atoms with E-state index in [1.807, 2.05) is 0 Å². The molecule has 1 aromatic rings. The van der Waals surface area contributed by atoms with Crippen LogP contribution in [0.4, 0.5) is 0 Å². The van der Waals surface area contributed by atoms with Crippen LogP contribution in [0.25, 0.3) is 0 Å². The lowest BCUT2D eigenvalue weighted by atomic mass is 10.0. The molecule has 2 rings (SSSR count). The minimum Gasteiger partial charge on any atom is -0.493 e. The summed E-state index contributed by atoms with van der Waals surface area (Å²) >= 11 is 0. The number of nitrogens with zero attached hydrogens (tertiary/aromatic N) is 2. The van der Waals surface area contributed by atoms with Crippen molar-refractivity contribution in [1.82, 2.24) is 15.1 Å². The van der Waals surface area contributed by atoms with E-state index in [1.165, 1.54) is 0 Å². The number of methoxy groups -OCH3 is 2. The molecule has 1 fully saturated rings. The van der Waals surface area contributed by atoms with Gasteiger partial charge < -0.3 is 24.6 Å². The summed E-state index contributed by atoms with van der Waals surface area (Å²) in [6.07, 6.45) is 0. The molecule has 1 aromatic carbocycles. The zero-order chi connectivity index (χ0) is 17.0. The Labute approximate surface area is 138 Å². The van der Waals surface area contributed by atoms with Gasteiger partial charge in [0.15, 0.2) is 11.5 Å². The van der Waals surface area contributed by atoms with Gasteiger partial charge in [0.05, 0.1) is 14.2 Å². The van der Waals surface area contributed by atoms with Gasteiger partial charge in [-0.2, -0.15) is 0 Å². The average molecular weight is 321 g/mol. The van der Waals surface area contributed by atoms with Gasteiger partial charge in [0.1, 0.15) is 0 Å². The quantitative estimate of drug-likeness (QED) is 0.845. The van der Waals surface area contributed by atoms with E-state index in [0.717, 1.165) is 19.6 Å². The Bertz CT molecular complexity index is 548. The Morgan fingerprint density at radius 1 is 1.26 bits per heavy atom. The molecule has 0 unspecified atom stereocenters. The molecule has 0 saturated carbocycles. The summed E-state index contributed by atoms with van der Waals surface area (Å²) in [7, 11) is 9.36. The van der Waals surface area contributed by atoms with Gasteiger partial charge in [-0.3, -0.25) is 4.79 Å². The molecule has 1 heterocycles. The standard InChI is InChI=1S/C17H27N3O3/c1-19(2)9-13-10-20(3)11-14(13)18-17(21)12-6-7-15(22-4)16(8-12)23-5/h6-8,13-14H,9-11H2,1-5H3,(H,18,21)/t13-,14-/m1/s1. The Morgan fingerprint density at radius 2 is 1.96 bits per heavy atom. The summed E-state index contributed by atoms with van der Waals surface area (Å²) in [5, 5.41) is 3.17. The number of amides is 1. The Balaban J connectivity index is 2.08. The van der Waals surface area contributed by atoms with Crippen molar-refractivity contribution in [2.24, 2.45) is 5.92 Å². The minimum atomic E-state index is -0.0741. The molecule has 0 aromatic heterocycles. The van der Waals surface area contributed by atoms with Crippen LogP contribution in [0.2, 0.25) is 0 Å². The molecule has 1 aliphatic rings. The van der Waals surface area contributed by atoms with Gasteiger partial charge in [-0.1, -0.05) is 0 Å². The van der Waals surface area contributed by atoms with E-state index in [9.17, 15) is 4.79 Å². The van der Waals surface area contributed by atoms with E-state index in [0.29, 0.717) is 23.0 Å². The fraction of sp³-hybridized carbons (Fsp3) is 0.588. The number of likely N-dealkylation sites (tertiary alicyclic amines) is 1. The Kier molecular flexibility index (Phi) is 5.85. The van der Waals surface area contributed by atoms with Gasteiger partial charge in [0, 0.05) is 37.2 Å². The predicted octanol–water partition coefficient (Wildman–Crippen LogP) is 0.925. The monoisotopic (exact) mass is 321 g/mol. The highest BCUT2D eigenvalue weighted by Crippen LogP contribution is 2.27. The number of ether oxygens (including phenoxy) is 2. The fourth-order valence-corrected chi connectivity index (χ4v) is 3.13. The largest absolute Gasteiger partial charge is 0.493 e. The third kappa shape index (κ3) is 4.36. The molecule has 1 N–H and O–H groups in total. The van der Waals surface area contributed by atoms with Gasteiger partial charge in [0.25, 0.3) is 5.91 Å². The maximum absolute atomic E-state index is 12.6. The number of rotatable bonds is 6. The highest BCUT2D eigenvalue weighted by atomic mass is 16.5. The molecule has 2 atom stereocenters. The van der Waals surface area contributed by atoms with Gasteiger partial charge in [-0.15, -0.1) is 0 Å². The van der Waals surface area contributed by atoms with Crippen molar-refractivity contribution < 1.29 is 14.3 Å². The number of benzene rings is 1. The second-order valence-electron chi connectivity index (χ2n) is 6.39. The van der Waals surface area contributed by atoms with Gasteiger partial charge >= 0.3 is 0 Å². The summed E-state index contributed by atoms with van der Waals surface area (Å²) in [5.74, 6) is 1.54. The van der Waals surface area contributed by atoms with E-state index < -0.39 is 0 Å². The van der Waals surface area contributed by atoms with E-state index in [-0.39, 0.29) is 11.9 Å². The molecule has 0 radical (unpaired) electrons. The SMILES string of the molecule is COc1ccc(C(=O)N[C@@H]2CN(C)C[C@H]2CN(C)C)cc1OC. The average Bonchev–Trinajstić information content (AvgIpc) is 2.84. The smallest absolute Gasteiger partial charge is 0.251 e. The highest BCUT2D eigenvalue weighted by molar-refractivity contribution is 5.95. The van der Waals surface area contributed by atoms with Crippen LogP contribution in [-0.2, 0) is 0 Å². The van der Waals surface area contributed by atoms with Crippen molar-refractivity contribution in [2.75, 3.05) is 55.0 Å². The van der Waals surface area contributed by atoms with E-state index in [2.05, 4.69) is 36.3 Å². The summed E-state index contributed by atoms with van der Waals surface area (Å²) in [6, 6.07) is 5.39. The van der Waals surface area contributed by atoms with Crippen LogP contribution in [0.3, 0.4) is 0 Å². The summed E-state index contributed by atoms with van der Waals surface area (Å²) in [5.41, 5.74) is 0.584. The molecule has 6 nitrogen and oxygen atoms in total. The minimum absolute atomic E-state index is 0.0741. The highest BCUT2D eigenvalue weighted by Gasteiger charge is 2.32. The zero-order valence-corrected chi connectivity index (χ0v) is 14.6. The van der Waals surface area contributed by atoms with Crippen LogP contribution < -0.4 is 14.8 Å². The first-order valence-electron chi connectivity index (χ1n) is 7.80. The van der Waals surface area contributed by atoms with Gasteiger partial charge in [-0.25, -0.2) is 0 Å². The van der Waals surface area contributed by atoms with Crippen LogP contribution in [0, 0.1) is 5.92 Å². The number of hydrogen-bond acceptors (Lipinski definition) is 5. The molecular weight excluding hydrogens is 294 g/mol. The van der Waals surface area contributed by atoms with E-state index >= 15 is 0 Å². The number of nitrogens with one attached hydrogen (secondary N) is 1. The maximum Gasteiger partial charge on any atom is 0.251 e. The molecule has 1 amide bonds. The molecule has 23 heavy (non-hydrogen) atoms. The Hall–Kier alpha value is -1.79. The maximum atomic E-state index is 12.6. The number of hydrogen-bond donors (Lipinski definition) is 1. The van der Waals surface area contributed by atoms with Crippen molar-refractivity contribution in [1.29, 1.82) is 0 Å². The van der Waals surface area contributed by atoms with Gasteiger partial charge in [-0.05, 0) is 39.3 Å². The first-order chi connectivity index (χ1) is 10.9. The topological polar surface area (TPSA) is 54.0 Å². The van der Waals surface area contributed by atoms with Crippen LogP contribution in [0.1, 0.15) is 10.4 Å². The number of likely N-dealkylation sites (N-methyl/N-ethyl adjacent to an activating group) is 1. The second-order valence-corrected chi connectivity index (χ2v) is 6.39. The fourth-order valence-electron chi connectivity index (χ4n) is 3.13. The molecule has 128 valence electrons. The van der Waals surface area contributed by atoms with Crippen molar-refractivity contribution in [3.63, 3.8) is 0 Å². The molecular formula is C17H27N3O3. The van der Waals surface area contributed by atoms with Crippen molar-refractivity contribution in [3.05, 3.63) is 23.8 Å². The first-order valence-corrected chi connectivity index (χ1v) is 7.80. The van der Waals surface area contributed by atoms with Crippen LogP contribution in [0.5, 0.6) is 11.5 Å². The lowest BCUT2D eigenvalue weighted by molar-refractivity contribution is 0.0926. The molecule has 0 bridgehead atoms. The second kappa shape index (κ2) is 7.66. The molecule has 1 aliphatic heterocycles. The predicted molar refractivity (Wildman–Crippen MR) is 90.3 cm³/mol. The third-order valence-electron chi connectivity index (χ3n) is 4.19. The van der Waals surface area contributed by atoms with Gasteiger partial charge in [0.2, 0.25) is 0 Å². The number of carbonyl (C=O) groups excluding carboxylic acids is 1. The van der Waals surface area contributed by atoms with Crippen LogP contribution in [0.15, 0.2) is 18.2 Å². The van der Waals surface area contributed by atoms with E-state index in [4.69, 9.17) is 9.47 Å². The van der Waals surface area contributed by atoms with E-state index in [1.54, 1.807) is 32.4 Å². The van der Waals surface area contributed by atoms with Crippen molar-refractivity contribution in [2.45, 2.75) is 6.04 Å². The summed E-state index contributed by atoms with van der Waals surface area (Å²) < 4.78 is 10.5. The third-order valence-corrected chi connectivity index (χ3v) is 4.19. The first kappa shape index (κ1) is 17.6. The lowest BCUT2D eigenvalue weighted by Gasteiger charge is -2.23. The Morgan fingerprint density at radius 3 is 2.57 bits per heavy atom. The lowest BCUT2D eigenvalue weighted by Crippen LogP contribution is -2.43. The van der Waals surface area contributed by atoms with Crippen molar-refractivity contribution >= 4 is 5.91 Å². The van der Waals surface area contributed by atoms with Crippen molar-refractivity contribution in [3.8, 4) is 11.5 Å². The molecule has 0 aliphatic carbocycles. The molecule has 1 saturated heterocycles. The molecule has 0 spiro atoms. The van der Waals surface area contributed by atoms with Crippen LogP contribution >= 0.6 is 0 Å². The normalized spacial score (nSPS) is 21.5. The summed E-state index contributed by atoms with van der Waals surface area (Å²) in [4.78, 5) is 17.0. The zero-order valence-electron chi connectivity index (χ0n) is 14.6. The molecule has 6 heteroatoms.